The van der Waals surface area contributed by atoms with Crippen LogP contribution in [0.15, 0.2) is 24.3 Å². The molecule has 0 aromatic heterocycles. The highest BCUT2D eigenvalue weighted by atomic mass is 16.1. The van der Waals surface area contributed by atoms with E-state index >= 15 is 0 Å². The van der Waals surface area contributed by atoms with Crippen molar-refractivity contribution in [2.45, 2.75) is 32.6 Å². The molecule has 21 heavy (non-hydrogen) atoms. The third kappa shape index (κ3) is 3.46. The largest absolute Gasteiger partial charge is 0.356 e. The number of piperidine rings is 1. The first-order valence-electron chi connectivity index (χ1n) is 8.29. The van der Waals surface area contributed by atoms with E-state index in [0.717, 1.165) is 38.9 Å². The summed E-state index contributed by atoms with van der Waals surface area (Å²) in [5.41, 5.74) is 2.78. The molecule has 3 unspecified atom stereocenters. The molecule has 1 fully saturated rings. The summed E-state index contributed by atoms with van der Waals surface area (Å²) in [6, 6.07) is 8.54. The Morgan fingerprint density at radius 2 is 2.10 bits per heavy atom. The van der Waals surface area contributed by atoms with Gasteiger partial charge in [0.2, 0.25) is 5.91 Å². The minimum Gasteiger partial charge on any atom is -0.356 e. The number of nitrogens with one attached hydrogen (secondary N) is 2. The molecule has 1 saturated heterocycles. The van der Waals surface area contributed by atoms with Gasteiger partial charge in [0.1, 0.15) is 0 Å². The molecule has 1 aromatic carbocycles. The van der Waals surface area contributed by atoms with Crippen molar-refractivity contribution in [1.82, 2.24) is 10.6 Å². The maximum atomic E-state index is 12.4. The molecule has 1 amide bonds. The number of fused-ring (bicyclic) bond motifs is 1. The van der Waals surface area contributed by atoms with Crippen LogP contribution in [-0.2, 0) is 17.6 Å². The van der Waals surface area contributed by atoms with Crippen LogP contribution >= 0.6 is 0 Å². The zero-order valence-electron chi connectivity index (χ0n) is 12.9. The molecular formula is C18H26N2O. The molecule has 3 atom stereocenters. The second-order valence-corrected chi connectivity index (χ2v) is 6.68. The Balaban J connectivity index is 1.52. The van der Waals surface area contributed by atoms with Gasteiger partial charge in [-0.2, -0.15) is 0 Å². The lowest BCUT2D eigenvalue weighted by atomic mass is 9.83. The zero-order chi connectivity index (χ0) is 14.7. The van der Waals surface area contributed by atoms with Crippen molar-refractivity contribution in [1.29, 1.82) is 0 Å². The maximum absolute atomic E-state index is 12.4. The molecule has 0 saturated carbocycles. The quantitative estimate of drug-likeness (QED) is 0.894. The van der Waals surface area contributed by atoms with E-state index in [2.05, 4.69) is 41.8 Å². The number of benzene rings is 1. The van der Waals surface area contributed by atoms with Gasteiger partial charge in [0.15, 0.2) is 0 Å². The summed E-state index contributed by atoms with van der Waals surface area (Å²) in [6.07, 6.45) is 4.11. The SMILES string of the molecule is CC1CNCCC1CNC(=O)C1CCc2ccccc2C1. The Morgan fingerprint density at radius 1 is 1.29 bits per heavy atom. The van der Waals surface area contributed by atoms with E-state index < -0.39 is 0 Å². The lowest BCUT2D eigenvalue weighted by Gasteiger charge is -2.30. The molecule has 3 nitrogen and oxygen atoms in total. The van der Waals surface area contributed by atoms with Gasteiger partial charge in [-0.3, -0.25) is 4.79 Å². The van der Waals surface area contributed by atoms with Crippen LogP contribution in [0.2, 0.25) is 0 Å². The van der Waals surface area contributed by atoms with Crippen LogP contribution in [0.1, 0.15) is 30.9 Å². The number of hydrogen-bond acceptors (Lipinski definition) is 2. The van der Waals surface area contributed by atoms with Crippen LogP contribution < -0.4 is 10.6 Å². The molecule has 0 bridgehead atoms. The van der Waals surface area contributed by atoms with Crippen LogP contribution in [-0.4, -0.2) is 25.5 Å². The Morgan fingerprint density at radius 3 is 2.90 bits per heavy atom. The molecular weight excluding hydrogens is 260 g/mol. The minimum absolute atomic E-state index is 0.164. The van der Waals surface area contributed by atoms with Crippen LogP contribution in [0, 0.1) is 17.8 Å². The van der Waals surface area contributed by atoms with Gasteiger partial charge in [-0.15, -0.1) is 0 Å². The fraction of sp³-hybridized carbons (Fsp3) is 0.611. The molecule has 3 heteroatoms. The second kappa shape index (κ2) is 6.61. The fourth-order valence-electron chi connectivity index (χ4n) is 3.67. The number of hydrogen-bond donors (Lipinski definition) is 2. The van der Waals surface area contributed by atoms with E-state index in [0.29, 0.717) is 11.8 Å². The number of carbonyl (C=O) groups is 1. The predicted molar refractivity (Wildman–Crippen MR) is 85.1 cm³/mol. The van der Waals surface area contributed by atoms with Crippen molar-refractivity contribution in [3.8, 4) is 0 Å². The van der Waals surface area contributed by atoms with E-state index in [1.165, 1.54) is 17.5 Å². The van der Waals surface area contributed by atoms with E-state index in [1.54, 1.807) is 0 Å². The van der Waals surface area contributed by atoms with Crippen molar-refractivity contribution >= 4 is 5.91 Å². The Labute approximate surface area is 127 Å². The molecule has 3 rings (SSSR count). The topological polar surface area (TPSA) is 41.1 Å². The highest BCUT2D eigenvalue weighted by Gasteiger charge is 2.26. The summed E-state index contributed by atoms with van der Waals surface area (Å²) in [4.78, 5) is 12.4. The van der Waals surface area contributed by atoms with Gasteiger partial charge in [0.05, 0.1) is 0 Å². The summed E-state index contributed by atoms with van der Waals surface area (Å²) in [7, 11) is 0. The Bertz CT molecular complexity index is 500. The predicted octanol–water partition coefficient (Wildman–Crippen LogP) is 2.15. The monoisotopic (exact) mass is 286 g/mol. The molecule has 1 aliphatic carbocycles. The van der Waals surface area contributed by atoms with E-state index in [1.807, 2.05) is 0 Å². The minimum atomic E-state index is 0.164. The average molecular weight is 286 g/mol. The molecule has 1 aliphatic heterocycles. The maximum Gasteiger partial charge on any atom is 0.223 e. The van der Waals surface area contributed by atoms with Crippen LogP contribution in [0.25, 0.3) is 0 Å². The van der Waals surface area contributed by atoms with Crippen molar-refractivity contribution < 1.29 is 4.79 Å². The molecule has 0 radical (unpaired) electrons. The summed E-state index contributed by atoms with van der Waals surface area (Å²) in [6.45, 7) is 5.29. The summed E-state index contributed by atoms with van der Waals surface area (Å²) >= 11 is 0. The van der Waals surface area contributed by atoms with Gasteiger partial charge in [-0.25, -0.2) is 0 Å². The number of aryl methyl sites for hydroxylation is 1. The average Bonchev–Trinajstić information content (AvgIpc) is 2.53. The third-order valence-corrected chi connectivity index (χ3v) is 5.22. The zero-order valence-corrected chi connectivity index (χ0v) is 12.9. The van der Waals surface area contributed by atoms with Gasteiger partial charge in [-0.1, -0.05) is 31.2 Å². The molecule has 1 aromatic rings. The third-order valence-electron chi connectivity index (χ3n) is 5.22. The number of amides is 1. The second-order valence-electron chi connectivity index (χ2n) is 6.68. The van der Waals surface area contributed by atoms with Crippen LogP contribution in [0.5, 0.6) is 0 Å². The van der Waals surface area contributed by atoms with Crippen molar-refractivity contribution in [3.63, 3.8) is 0 Å². The van der Waals surface area contributed by atoms with Crippen LogP contribution in [0.3, 0.4) is 0 Å². The molecule has 2 N–H and O–H groups in total. The Hall–Kier alpha value is -1.35. The summed E-state index contributed by atoms with van der Waals surface area (Å²) in [5, 5.41) is 6.63. The fourth-order valence-corrected chi connectivity index (χ4v) is 3.67. The van der Waals surface area contributed by atoms with Crippen molar-refractivity contribution in [2.75, 3.05) is 19.6 Å². The van der Waals surface area contributed by atoms with Gasteiger partial charge < -0.3 is 10.6 Å². The normalized spacial score (nSPS) is 28.7. The summed E-state index contributed by atoms with van der Waals surface area (Å²) in [5.74, 6) is 1.71. The first kappa shape index (κ1) is 14.6. The highest BCUT2D eigenvalue weighted by molar-refractivity contribution is 5.79. The first-order valence-corrected chi connectivity index (χ1v) is 8.29. The van der Waals surface area contributed by atoms with E-state index in [-0.39, 0.29) is 11.8 Å². The lowest BCUT2D eigenvalue weighted by Crippen LogP contribution is -2.43. The molecule has 2 aliphatic rings. The van der Waals surface area contributed by atoms with Gasteiger partial charge in [-0.05, 0) is 61.7 Å². The number of rotatable bonds is 3. The van der Waals surface area contributed by atoms with Crippen molar-refractivity contribution in [3.05, 3.63) is 35.4 Å². The van der Waals surface area contributed by atoms with Gasteiger partial charge in [0, 0.05) is 12.5 Å². The van der Waals surface area contributed by atoms with Crippen molar-refractivity contribution in [2.24, 2.45) is 17.8 Å². The lowest BCUT2D eigenvalue weighted by molar-refractivity contribution is -0.125. The summed E-state index contributed by atoms with van der Waals surface area (Å²) < 4.78 is 0. The number of carbonyl (C=O) groups excluding carboxylic acids is 1. The molecule has 0 spiro atoms. The smallest absolute Gasteiger partial charge is 0.223 e. The van der Waals surface area contributed by atoms with Crippen LogP contribution in [0.4, 0.5) is 0 Å². The highest BCUT2D eigenvalue weighted by Crippen LogP contribution is 2.25. The molecule has 114 valence electrons. The standard InChI is InChI=1S/C18H26N2O/c1-13-11-19-9-8-17(13)12-20-18(21)16-7-6-14-4-2-3-5-15(14)10-16/h2-5,13,16-17,19H,6-12H2,1H3,(H,20,21). The van der Waals surface area contributed by atoms with E-state index in [4.69, 9.17) is 0 Å². The first-order chi connectivity index (χ1) is 10.2. The van der Waals surface area contributed by atoms with Gasteiger partial charge in [0.25, 0.3) is 0 Å². The molecule has 1 heterocycles. The Kier molecular flexibility index (Phi) is 4.59. The van der Waals surface area contributed by atoms with Gasteiger partial charge >= 0.3 is 0 Å². The van der Waals surface area contributed by atoms with E-state index in [9.17, 15) is 4.79 Å².